The van der Waals surface area contributed by atoms with E-state index < -0.39 is 23.8 Å². The zero-order valence-corrected chi connectivity index (χ0v) is 13.7. The lowest BCUT2D eigenvalue weighted by Crippen LogP contribution is -2.54. The molecule has 4 N–H and O–H groups in total. The van der Waals surface area contributed by atoms with E-state index in [0.29, 0.717) is 24.2 Å². The van der Waals surface area contributed by atoms with Crippen LogP contribution in [0.3, 0.4) is 0 Å². The Morgan fingerprint density at radius 2 is 1.92 bits per heavy atom. The molecule has 132 valence electrons. The second-order valence-corrected chi connectivity index (χ2v) is 6.15. The molecule has 0 radical (unpaired) electrons. The standard InChI is InChI=1S/C17H20N4O4/c18-6-1-7-19-9-10-2-3-11-12(8-10)17(25)21(16(11)24)13-4-5-14(22)20-15(13)23/h2-3,8,13,19H,1,4-7,9,18H2,(H,20,22,23). The Morgan fingerprint density at radius 1 is 1.16 bits per heavy atom. The van der Waals surface area contributed by atoms with Crippen molar-refractivity contribution in [1.29, 1.82) is 0 Å². The highest BCUT2D eigenvalue weighted by Crippen LogP contribution is 2.28. The van der Waals surface area contributed by atoms with Crippen LogP contribution in [0, 0.1) is 0 Å². The number of nitrogens with one attached hydrogen (secondary N) is 2. The van der Waals surface area contributed by atoms with E-state index in [4.69, 9.17) is 5.73 Å². The van der Waals surface area contributed by atoms with Crippen molar-refractivity contribution in [2.45, 2.75) is 31.8 Å². The fraction of sp³-hybridized carbons (Fsp3) is 0.412. The summed E-state index contributed by atoms with van der Waals surface area (Å²) in [6.45, 7) is 1.93. The summed E-state index contributed by atoms with van der Waals surface area (Å²) in [5.74, 6) is -1.96. The van der Waals surface area contributed by atoms with Gasteiger partial charge in [0.2, 0.25) is 11.8 Å². The molecule has 1 atom stereocenters. The summed E-state index contributed by atoms with van der Waals surface area (Å²) in [7, 11) is 0. The maximum atomic E-state index is 12.7. The molecule has 2 aliphatic heterocycles. The molecule has 0 aliphatic carbocycles. The summed E-state index contributed by atoms with van der Waals surface area (Å²) in [4.78, 5) is 49.5. The minimum Gasteiger partial charge on any atom is -0.330 e. The molecule has 0 spiro atoms. The number of fused-ring (bicyclic) bond motifs is 1. The second-order valence-electron chi connectivity index (χ2n) is 6.15. The average molecular weight is 344 g/mol. The van der Waals surface area contributed by atoms with Gasteiger partial charge in [-0.25, -0.2) is 0 Å². The number of amides is 4. The summed E-state index contributed by atoms with van der Waals surface area (Å²) < 4.78 is 0. The van der Waals surface area contributed by atoms with E-state index in [2.05, 4.69) is 10.6 Å². The first-order chi connectivity index (χ1) is 12.0. The molecule has 8 heteroatoms. The molecule has 8 nitrogen and oxygen atoms in total. The molecule has 1 saturated heterocycles. The fourth-order valence-corrected chi connectivity index (χ4v) is 3.09. The molecule has 1 unspecified atom stereocenters. The molecule has 1 fully saturated rings. The van der Waals surface area contributed by atoms with Crippen molar-refractivity contribution in [2.24, 2.45) is 5.73 Å². The molecule has 0 aromatic heterocycles. The van der Waals surface area contributed by atoms with Crippen molar-refractivity contribution in [3.63, 3.8) is 0 Å². The van der Waals surface area contributed by atoms with E-state index in [0.717, 1.165) is 23.4 Å². The smallest absolute Gasteiger partial charge is 0.262 e. The number of nitrogens with two attached hydrogens (primary N) is 1. The van der Waals surface area contributed by atoms with E-state index in [-0.39, 0.29) is 18.7 Å². The fourth-order valence-electron chi connectivity index (χ4n) is 3.09. The Kier molecular flexibility index (Phi) is 4.91. The van der Waals surface area contributed by atoms with Gasteiger partial charge in [-0.3, -0.25) is 29.4 Å². The predicted octanol–water partition coefficient (Wildman–Crippen LogP) is -0.474. The number of nitrogens with zero attached hydrogens (tertiary/aromatic N) is 1. The molecule has 0 saturated carbocycles. The lowest BCUT2D eigenvalue weighted by molar-refractivity contribution is -0.136. The molecule has 2 heterocycles. The Hall–Kier alpha value is -2.58. The van der Waals surface area contributed by atoms with Crippen LogP contribution in [0.4, 0.5) is 0 Å². The quantitative estimate of drug-likeness (QED) is 0.474. The van der Waals surface area contributed by atoms with Gasteiger partial charge in [0.25, 0.3) is 11.8 Å². The Labute approximate surface area is 144 Å². The number of hydrogen-bond donors (Lipinski definition) is 3. The van der Waals surface area contributed by atoms with Gasteiger partial charge in [-0.05, 0) is 43.6 Å². The van der Waals surface area contributed by atoms with Crippen LogP contribution in [0.2, 0.25) is 0 Å². The number of rotatable bonds is 6. The molecular weight excluding hydrogens is 324 g/mol. The number of benzene rings is 1. The zero-order valence-electron chi connectivity index (χ0n) is 13.7. The summed E-state index contributed by atoms with van der Waals surface area (Å²) >= 11 is 0. The van der Waals surface area contributed by atoms with Crippen LogP contribution in [-0.4, -0.2) is 47.7 Å². The number of piperidine rings is 1. The summed E-state index contributed by atoms with van der Waals surface area (Å²) in [5, 5.41) is 5.40. The first-order valence-electron chi connectivity index (χ1n) is 8.28. The highest BCUT2D eigenvalue weighted by molar-refractivity contribution is 6.23. The van der Waals surface area contributed by atoms with Crippen molar-refractivity contribution in [3.05, 3.63) is 34.9 Å². The lowest BCUT2D eigenvalue weighted by atomic mass is 10.0. The van der Waals surface area contributed by atoms with E-state index in [9.17, 15) is 19.2 Å². The molecule has 0 bridgehead atoms. The van der Waals surface area contributed by atoms with Crippen molar-refractivity contribution < 1.29 is 19.2 Å². The van der Waals surface area contributed by atoms with E-state index in [1.54, 1.807) is 18.2 Å². The molecule has 3 rings (SSSR count). The lowest BCUT2D eigenvalue weighted by Gasteiger charge is -2.27. The molecule has 2 aliphatic rings. The number of carbonyl (C=O) groups is 4. The second kappa shape index (κ2) is 7.12. The molecule has 1 aromatic carbocycles. The molecular formula is C17H20N4O4. The molecule has 25 heavy (non-hydrogen) atoms. The summed E-state index contributed by atoms with van der Waals surface area (Å²) in [5.41, 5.74) is 6.91. The summed E-state index contributed by atoms with van der Waals surface area (Å²) in [6, 6.07) is 4.14. The van der Waals surface area contributed by atoms with Crippen LogP contribution >= 0.6 is 0 Å². The van der Waals surface area contributed by atoms with Crippen molar-refractivity contribution in [3.8, 4) is 0 Å². The van der Waals surface area contributed by atoms with Crippen LogP contribution < -0.4 is 16.4 Å². The Balaban J connectivity index is 1.77. The third kappa shape index (κ3) is 3.31. The summed E-state index contributed by atoms with van der Waals surface area (Å²) in [6.07, 6.45) is 1.12. The topological polar surface area (TPSA) is 122 Å². The van der Waals surface area contributed by atoms with Gasteiger partial charge >= 0.3 is 0 Å². The molecule has 4 amide bonds. The first kappa shape index (κ1) is 17.2. The minimum absolute atomic E-state index is 0.111. The van der Waals surface area contributed by atoms with Crippen LogP contribution in [0.25, 0.3) is 0 Å². The normalized spacial score (nSPS) is 20.0. The first-order valence-corrected chi connectivity index (χ1v) is 8.28. The van der Waals surface area contributed by atoms with Crippen LogP contribution in [0.15, 0.2) is 18.2 Å². The average Bonchev–Trinajstić information content (AvgIpc) is 2.83. The van der Waals surface area contributed by atoms with Crippen molar-refractivity contribution in [2.75, 3.05) is 13.1 Å². The third-order valence-corrected chi connectivity index (χ3v) is 4.39. The number of hydrogen-bond acceptors (Lipinski definition) is 6. The van der Waals surface area contributed by atoms with Crippen LogP contribution in [0.1, 0.15) is 45.5 Å². The maximum absolute atomic E-state index is 12.7. The number of carbonyl (C=O) groups excluding carboxylic acids is 4. The van der Waals surface area contributed by atoms with Gasteiger partial charge in [-0.15, -0.1) is 0 Å². The van der Waals surface area contributed by atoms with Gasteiger partial charge in [0.1, 0.15) is 6.04 Å². The van der Waals surface area contributed by atoms with Gasteiger partial charge < -0.3 is 11.1 Å². The predicted molar refractivity (Wildman–Crippen MR) is 88.5 cm³/mol. The minimum atomic E-state index is -0.934. The zero-order chi connectivity index (χ0) is 18.0. The Bertz CT molecular complexity index is 746. The van der Waals surface area contributed by atoms with Crippen molar-refractivity contribution >= 4 is 23.6 Å². The van der Waals surface area contributed by atoms with Crippen LogP contribution in [-0.2, 0) is 16.1 Å². The monoisotopic (exact) mass is 344 g/mol. The van der Waals surface area contributed by atoms with Gasteiger partial charge in [0, 0.05) is 13.0 Å². The van der Waals surface area contributed by atoms with E-state index in [1.807, 2.05) is 0 Å². The van der Waals surface area contributed by atoms with Gasteiger partial charge in [-0.2, -0.15) is 0 Å². The highest BCUT2D eigenvalue weighted by atomic mass is 16.2. The molecule has 1 aromatic rings. The third-order valence-electron chi connectivity index (χ3n) is 4.39. The maximum Gasteiger partial charge on any atom is 0.262 e. The Morgan fingerprint density at radius 3 is 2.64 bits per heavy atom. The van der Waals surface area contributed by atoms with E-state index in [1.165, 1.54) is 0 Å². The largest absolute Gasteiger partial charge is 0.330 e. The highest BCUT2D eigenvalue weighted by Gasteiger charge is 2.44. The van der Waals surface area contributed by atoms with Gasteiger partial charge in [-0.1, -0.05) is 6.07 Å². The van der Waals surface area contributed by atoms with Crippen LogP contribution in [0.5, 0.6) is 0 Å². The van der Waals surface area contributed by atoms with E-state index >= 15 is 0 Å². The SMILES string of the molecule is NCCCNCc1ccc2c(c1)C(=O)N(C1CCC(=O)NC1=O)C2=O. The van der Waals surface area contributed by atoms with Crippen molar-refractivity contribution in [1.82, 2.24) is 15.5 Å². The van der Waals surface area contributed by atoms with Gasteiger partial charge in [0.15, 0.2) is 0 Å². The number of imide groups is 2. The van der Waals surface area contributed by atoms with Gasteiger partial charge in [0.05, 0.1) is 11.1 Å².